The number of nitrogens with zero attached hydrogens (tertiary/aromatic N) is 11. The monoisotopic (exact) mass is 908 g/mol. The fourth-order valence-corrected chi connectivity index (χ4v) is 10.1. The van der Waals surface area contributed by atoms with E-state index in [4.69, 9.17) is 35.9 Å². The summed E-state index contributed by atoms with van der Waals surface area (Å²) in [6.45, 7) is 14.7. The summed E-state index contributed by atoms with van der Waals surface area (Å²) in [5, 5.41) is 23.0. The third-order valence-corrected chi connectivity index (χ3v) is 13.7. The minimum atomic E-state index is -0.653. The summed E-state index contributed by atoms with van der Waals surface area (Å²) in [5.41, 5.74) is 19.0. The number of nitrogens with one attached hydrogen (secondary N) is 1. The lowest BCUT2D eigenvalue weighted by Gasteiger charge is -2.44. The number of hydrogen-bond donors (Lipinski definition) is 4. The minimum Gasteiger partial charge on any atom is -0.508 e. The second kappa shape index (κ2) is 16.9. The summed E-state index contributed by atoms with van der Waals surface area (Å²) in [5.74, 6) is 0.995. The lowest BCUT2D eigenvalue weighted by molar-refractivity contribution is -0.0157. The number of rotatable bonds is 6. The van der Waals surface area contributed by atoms with Gasteiger partial charge >= 0.3 is 6.09 Å². The molecule has 8 aromatic rings. The van der Waals surface area contributed by atoms with Crippen LogP contribution >= 0.6 is 0 Å². The third-order valence-electron chi connectivity index (χ3n) is 13.7. The van der Waals surface area contributed by atoms with Gasteiger partial charge in [0.25, 0.3) is 0 Å². The molecule has 0 bridgehead atoms. The van der Waals surface area contributed by atoms with E-state index in [-0.39, 0.29) is 17.8 Å². The van der Waals surface area contributed by atoms with Gasteiger partial charge < -0.3 is 35.8 Å². The topological polar surface area (TPSA) is 231 Å². The zero-order valence-corrected chi connectivity index (χ0v) is 38.2. The van der Waals surface area contributed by atoms with Crippen LogP contribution in [-0.2, 0) is 14.2 Å². The van der Waals surface area contributed by atoms with E-state index in [9.17, 15) is 9.90 Å². The predicted molar refractivity (Wildman–Crippen MR) is 255 cm³/mol. The maximum Gasteiger partial charge on any atom is 0.419 e. The Bertz CT molecular complexity index is 3140. The Hall–Kier alpha value is -6.67. The van der Waals surface area contributed by atoms with Crippen molar-refractivity contribution < 1.29 is 24.1 Å². The molecular weight excluding hydrogens is 853 g/mol. The highest BCUT2D eigenvalue weighted by Gasteiger charge is 2.39. The van der Waals surface area contributed by atoms with E-state index < -0.39 is 11.7 Å². The molecule has 2 aliphatic carbocycles. The first kappa shape index (κ1) is 42.9. The first-order chi connectivity index (χ1) is 32.4. The van der Waals surface area contributed by atoms with Gasteiger partial charge in [0.1, 0.15) is 47.0 Å². The maximum atomic E-state index is 13.5. The maximum absolute atomic E-state index is 13.5. The number of fused-ring (bicyclic) bond motifs is 4. The highest BCUT2D eigenvalue weighted by molar-refractivity contribution is 6.04. The Labute approximate surface area is 386 Å². The molecule has 12 rings (SSSR count). The van der Waals surface area contributed by atoms with Crippen molar-refractivity contribution in [2.75, 3.05) is 64.1 Å². The van der Waals surface area contributed by atoms with Crippen LogP contribution in [0.1, 0.15) is 64.1 Å². The van der Waals surface area contributed by atoms with Gasteiger partial charge in [-0.25, -0.2) is 38.7 Å². The van der Waals surface area contributed by atoms with Crippen molar-refractivity contribution in [2.45, 2.75) is 83.1 Å². The average molecular weight is 909 g/mol. The van der Waals surface area contributed by atoms with Crippen LogP contribution in [0.5, 0.6) is 5.75 Å². The smallest absolute Gasteiger partial charge is 0.419 e. The lowest BCUT2D eigenvalue weighted by atomic mass is 9.85. The average Bonchev–Trinajstić information content (AvgIpc) is 4.06. The second-order valence-corrected chi connectivity index (χ2v) is 19.2. The molecule has 6 N–H and O–H groups in total. The van der Waals surface area contributed by atoms with Crippen molar-refractivity contribution in [3.8, 4) is 28.5 Å². The normalized spacial score (nSPS) is 21.6. The van der Waals surface area contributed by atoms with E-state index in [1.807, 2.05) is 67.4 Å². The number of phenolic OH excluding ortho intramolecular Hbond substituents is 1. The van der Waals surface area contributed by atoms with Crippen LogP contribution in [0.25, 0.3) is 66.6 Å². The Morgan fingerprint density at radius 1 is 0.716 bits per heavy atom. The molecule has 2 aliphatic heterocycles. The molecule has 4 fully saturated rings. The van der Waals surface area contributed by atoms with Crippen LogP contribution in [0.4, 0.5) is 16.4 Å². The SMILES string of the molecule is Cc1ccc2c(c1)cc(-c1nn(C3CC(N4CCOCC4)C3)c3ncnc(N)c13)n2C(=O)OC(C)(C)C.Nc1ncnc2c1c(-c1cc3cc(O)ccc3[nH]1)nn2C1CC(N2CCOCC2)C1. The highest BCUT2D eigenvalue weighted by Crippen LogP contribution is 2.43. The molecule has 19 heteroatoms. The summed E-state index contributed by atoms with van der Waals surface area (Å²) in [7, 11) is 0. The van der Waals surface area contributed by atoms with Crippen molar-refractivity contribution >= 4 is 61.6 Å². The van der Waals surface area contributed by atoms with E-state index in [2.05, 4.69) is 40.8 Å². The molecule has 0 amide bonds. The van der Waals surface area contributed by atoms with Gasteiger partial charge in [0.2, 0.25) is 0 Å². The molecule has 0 unspecified atom stereocenters. The Balaban J connectivity index is 0.000000151. The molecule has 2 aromatic carbocycles. The van der Waals surface area contributed by atoms with Crippen molar-refractivity contribution in [2.24, 2.45) is 0 Å². The number of nitrogen functional groups attached to an aromatic ring is 2. The van der Waals surface area contributed by atoms with E-state index in [1.54, 1.807) is 16.7 Å². The summed E-state index contributed by atoms with van der Waals surface area (Å²) in [6, 6.07) is 16.7. The first-order valence-corrected chi connectivity index (χ1v) is 23.2. The summed E-state index contributed by atoms with van der Waals surface area (Å²) < 4.78 is 22.4. The van der Waals surface area contributed by atoms with Gasteiger partial charge in [0.15, 0.2) is 11.3 Å². The molecule has 0 spiro atoms. The highest BCUT2D eigenvalue weighted by atomic mass is 16.6. The fraction of sp³-hybridized carbons (Fsp3) is 0.438. The number of nitrogens with two attached hydrogens (primary N) is 2. The summed E-state index contributed by atoms with van der Waals surface area (Å²) in [4.78, 5) is 39.5. The number of hydrogen-bond acceptors (Lipinski definition) is 15. The van der Waals surface area contributed by atoms with Gasteiger partial charge in [-0.15, -0.1) is 0 Å². The number of morpholine rings is 2. The number of anilines is 2. The van der Waals surface area contributed by atoms with Gasteiger partial charge in [-0.05, 0) is 95.8 Å². The molecule has 348 valence electrons. The van der Waals surface area contributed by atoms with Crippen molar-refractivity contribution in [3.63, 3.8) is 0 Å². The molecule has 19 nitrogen and oxygen atoms in total. The number of benzene rings is 2. The van der Waals surface area contributed by atoms with Crippen LogP contribution in [0.2, 0.25) is 0 Å². The van der Waals surface area contributed by atoms with E-state index in [0.29, 0.717) is 46.1 Å². The number of aromatic hydroxyl groups is 1. The quantitative estimate of drug-likeness (QED) is 0.140. The first-order valence-electron chi connectivity index (χ1n) is 23.2. The van der Waals surface area contributed by atoms with Crippen LogP contribution < -0.4 is 11.5 Å². The Morgan fingerprint density at radius 3 is 1.87 bits per heavy atom. The van der Waals surface area contributed by atoms with Crippen LogP contribution in [0, 0.1) is 6.92 Å². The number of phenols is 1. The number of carbonyl (C=O) groups excluding carboxylic acids is 1. The summed E-state index contributed by atoms with van der Waals surface area (Å²) in [6.07, 6.45) is 6.56. The third kappa shape index (κ3) is 7.98. The van der Waals surface area contributed by atoms with Gasteiger partial charge in [0, 0.05) is 54.6 Å². The van der Waals surface area contributed by atoms with E-state index in [0.717, 1.165) is 128 Å². The molecule has 0 atom stereocenters. The molecule has 0 radical (unpaired) electrons. The molecule has 2 saturated heterocycles. The number of aromatic nitrogens is 10. The minimum absolute atomic E-state index is 0.194. The number of aromatic amines is 1. The van der Waals surface area contributed by atoms with Crippen molar-refractivity contribution in [1.82, 2.24) is 58.8 Å². The molecule has 8 heterocycles. The molecule has 4 aliphatic rings. The second-order valence-electron chi connectivity index (χ2n) is 19.2. The molecule has 6 aromatic heterocycles. The Morgan fingerprint density at radius 2 is 1.28 bits per heavy atom. The van der Waals surface area contributed by atoms with E-state index >= 15 is 0 Å². The van der Waals surface area contributed by atoms with Crippen molar-refractivity contribution in [3.05, 3.63) is 66.7 Å². The Kier molecular flexibility index (Phi) is 10.8. The fourth-order valence-electron chi connectivity index (χ4n) is 10.1. The van der Waals surface area contributed by atoms with Crippen LogP contribution in [0.3, 0.4) is 0 Å². The van der Waals surface area contributed by atoms with Crippen LogP contribution in [0.15, 0.2) is 61.2 Å². The number of aryl methyl sites for hydroxylation is 1. The number of carbonyl (C=O) groups is 1. The molecule has 67 heavy (non-hydrogen) atoms. The van der Waals surface area contributed by atoms with Gasteiger partial charge in [-0.3, -0.25) is 9.80 Å². The molecule has 2 saturated carbocycles. The summed E-state index contributed by atoms with van der Waals surface area (Å²) >= 11 is 0. The van der Waals surface area contributed by atoms with Gasteiger partial charge in [-0.2, -0.15) is 10.2 Å². The van der Waals surface area contributed by atoms with E-state index in [1.165, 1.54) is 12.7 Å². The largest absolute Gasteiger partial charge is 0.508 e. The molecular formula is C48H56N14O5. The number of ether oxygens (including phenoxy) is 3. The zero-order chi connectivity index (χ0) is 46.1. The van der Waals surface area contributed by atoms with Gasteiger partial charge in [0.05, 0.1) is 66.2 Å². The van der Waals surface area contributed by atoms with Crippen LogP contribution in [-0.4, -0.2) is 140 Å². The predicted octanol–water partition coefficient (Wildman–Crippen LogP) is 6.46. The number of H-pyrrole nitrogens is 1. The standard InChI is InChI=1S/C27H33N7O3.C21H23N7O2/c1-16-5-6-20-17(11-16)12-21(33(20)26(35)37-27(2,3)4)23-22-24(28)29-15-30-25(22)34(31-23)19-13-18(14-19)32-7-9-36-10-8-32;22-20-18-19(17-8-12-7-15(29)1-2-16(12)25-17)26-28(21(18)24-11-23-20)14-9-13(10-14)27-3-5-30-6-4-27/h5-6,11-12,15,18-19H,7-10,13-14H2,1-4H3,(H2,28,29,30);1-2,7-8,11,13-14,25,29H,3-6,9-10H2,(H2,22,23,24). The van der Waals surface area contributed by atoms with Gasteiger partial charge in [-0.1, -0.05) is 11.6 Å². The zero-order valence-electron chi connectivity index (χ0n) is 38.2. The lowest BCUT2D eigenvalue weighted by Crippen LogP contribution is -2.50. The van der Waals surface area contributed by atoms with Crippen molar-refractivity contribution in [1.29, 1.82) is 0 Å².